The van der Waals surface area contributed by atoms with Gasteiger partial charge in [-0.25, -0.2) is 14.8 Å². The highest BCUT2D eigenvalue weighted by molar-refractivity contribution is 6.17. The molecule has 1 amide bonds. The summed E-state index contributed by atoms with van der Waals surface area (Å²) in [4.78, 5) is 25.5. The maximum absolute atomic E-state index is 13.7. The van der Waals surface area contributed by atoms with Gasteiger partial charge in [0.15, 0.2) is 11.6 Å². The van der Waals surface area contributed by atoms with Crippen LogP contribution in [0.5, 0.6) is 5.75 Å². The van der Waals surface area contributed by atoms with Crippen LogP contribution in [0, 0.1) is 6.57 Å². The van der Waals surface area contributed by atoms with Crippen molar-refractivity contribution in [2.75, 3.05) is 5.32 Å². The summed E-state index contributed by atoms with van der Waals surface area (Å²) < 4.78 is 3.36. The lowest BCUT2D eigenvalue weighted by Gasteiger charge is -2.12. The van der Waals surface area contributed by atoms with E-state index >= 15 is 0 Å². The number of amides is 1. The minimum absolute atomic E-state index is 0.0469. The highest BCUT2D eigenvalue weighted by Gasteiger charge is 2.21. The lowest BCUT2D eigenvalue weighted by Crippen LogP contribution is -2.13. The van der Waals surface area contributed by atoms with Crippen molar-refractivity contribution >= 4 is 61.4 Å². The van der Waals surface area contributed by atoms with Crippen molar-refractivity contribution < 1.29 is 9.90 Å². The molecule has 4 aromatic carbocycles. The Morgan fingerprint density at radius 2 is 1.65 bits per heavy atom. The minimum Gasteiger partial charge on any atom is -0.505 e. The van der Waals surface area contributed by atoms with Crippen LogP contribution < -0.4 is 5.32 Å². The fourth-order valence-corrected chi connectivity index (χ4v) is 5.21. The number of aryl methyl sites for hydroxylation is 1. The van der Waals surface area contributed by atoms with Crippen LogP contribution in [0.2, 0.25) is 0 Å². The molecular formula is C32H21N9O2. The highest BCUT2D eigenvalue weighted by Crippen LogP contribution is 2.40. The average molecular weight is 564 g/mol. The molecule has 3 heterocycles. The molecule has 2 N–H and O–H groups in total. The molecule has 0 atom stereocenters. The van der Waals surface area contributed by atoms with Crippen molar-refractivity contribution in [1.29, 1.82) is 0 Å². The highest BCUT2D eigenvalue weighted by atomic mass is 16.3. The summed E-state index contributed by atoms with van der Waals surface area (Å²) in [5.41, 5.74) is 2.85. The molecule has 0 aliphatic carbocycles. The maximum Gasteiger partial charge on any atom is 0.260 e. The first kappa shape index (κ1) is 25.6. The Hall–Kier alpha value is -6.41. The molecule has 0 fully saturated rings. The van der Waals surface area contributed by atoms with E-state index in [1.54, 1.807) is 36.7 Å². The number of azo groups is 1. The van der Waals surface area contributed by atoms with E-state index in [9.17, 15) is 9.90 Å². The third-order valence-electron chi connectivity index (χ3n) is 7.24. The van der Waals surface area contributed by atoms with Crippen LogP contribution in [0.1, 0.15) is 10.4 Å². The van der Waals surface area contributed by atoms with Gasteiger partial charge in [0.2, 0.25) is 0 Å². The number of phenols is 1. The molecule has 0 bridgehead atoms. The number of carbonyl (C=O) groups excluding carboxylic acids is 1. The van der Waals surface area contributed by atoms with Gasteiger partial charge in [-0.2, -0.15) is 9.78 Å². The van der Waals surface area contributed by atoms with E-state index < -0.39 is 5.91 Å². The Balaban J connectivity index is 1.29. The lowest BCUT2D eigenvalue weighted by molar-refractivity contribution is 0.102. The molecule has 3 aromatic heterocycles. The topological polar surface area (TPSA) is 127 Å². The maximum atomic E-state index is 13.7. The van der Waals surface area contributed by atoms with Gasteiger partial charge < -0.3 is 15.0 Å². The number of aromatic nitrogens is 5. The van der Waals surface area contributed by atoms with E-state index in [1.807, 2.05) is 49.5 Å². The van der Waals surface area contributed by atoms with Crippen LogP contribution in [-0.4, -0.2) is 35.3 Å². The van der Waals surface area contributed by atoms with Crippen molar-refractivity contribution in [3.05, 3.63) is 114 Å². The van der Waals surface area contributed by atoms with Crippen molar-refractivity contribution in [2.24, 2.45) is 17.3 Å². The van der Waals surface area contributed by atoms with Gasteiger partial charge in [-0.05, 0) is 41.1 Å². The predicted octanol–water partition coefficient (Wildman–Crippen LogP) is 7.38. The molecule has 11 nitrogen and oxygen atoms in total. The van der Waals surface area contributed by atoms with Crippen LogP contribution in [0.15, 0.2) is 108 Å². The number of rotatable bonds is 5. The zero-order valence-electron chi connectivity index (χ0n) is 22.7. The number of nitrogens with one attached hydrogen (secondary N) is 1. The third kappa shape index (κ3) is 4.30. The van der Waals surface area contributed by atoms with Gasteiger partial charge in [0.1, 0.15) is 5.69 Å². The molecule has 0 aliphatic rings. The summed E-state index contributed by atoms with van der Waals surface area (Å²) in [6.45, 7) is 7.51. The van der Waals surface area contributed by atoms with Gasteiger partial charge in [0, 0.05) is 41.4 Å². The van der Waals surface area contributed by atoms with Crippen molar-refractivity contribution in [2.45, 2.75) is 0 Å². The van der Waals surface area contributed by atoms with Gasteiger partial charge in [0.25, 0.3) is 17.5 Å². The molecule has 206 valence electrons. The second-order valence-corrected chi connectivity index (χ2v) is 9.73. The lowest BCUT2D eigenvalue weighted by atomic mass is 10.0. The van der Waals surface area contributed by atoms with Gasteiger partial charge in [-0.3, -0.25) is 4.79 Å². The molecule has 0 radical (unpaired) electrons. The number of hydrogen-bond acceptors (Lipinski definition) is 7. The van der Waals surface area contributed by atoms with Gasteiger partial charge >= 0.3 is 0 Å². The zero-order chi connectivity index (χ0) is 29.5. The number of benzene rings is 4. The van der Waals surface area contributed by atoms with E-state index in [1.165, 1.54) is 10.9 Å². The summed E-state index contributed by atoms with van der Waals surface area (Å²) in [6.07, 6.45) is 4.42. The molecule has 0 spiro atoms. The Labute approximate surface area is 244 Å². The molecule has 0 saturated heterocycles. The Kier molecular flexibility index (Phi) is 6.07. The third-order valence-corrected chi connectivity index (χ3v) is 7.24. The van der Waals surface area contributed by atoms with E-state index in [0.717, 1.165) is 21.8 Å². The molecule has 0 unspecified atom stereocenters. The number of para-hydroxylation sites is 1. The monoisotopic (exact) mass is 563 g/mol. The molecular weight excluding hydrogens is 542 g/mol. The summed E-state index contributed by atoms with van der Waals surface area (Å²) in [5.74, 6) is -0.564. The van der Waals surface area contributed by atoms with Gasteiger partial charge in [-0.15, -0.1) is 10.2 Å². The second kappa shape index (κ2) is 10.2. The van der Waals surface area contributed by atoms with Gasteiger partial charge in [0.05, 0.1) is 23.8 Å². The summed E-state index contributed by atoms with van der Waals surface area (Å²) in [7, 11) is 1.99. The SMILES string of the molecule is [C-]#[N+]c1cnn(-c2ncccn2)c1N=Nc1cc2ccccc2c(C(=O)Nc2ccc3c4ccccc4n(C)c3c2)c1O. The van der Waals surface area contributed by atoms with E-state index in [4.69, 9.17) is 6.57 Å². The van der Waals surface area contributed by atoms with Crippen LogP contribution >= 0.6 is 0 Å². The largest absolute Gasteiger partial charge is 0.505 e. The van der Waals surface area contributed by atoms with Gasteiger partial charge in [-0.1, -0.05) is 48.5 Å². The number of anilines is 1. The summed E-state index contributed by atoms with van der Waals surface area (Å²) in [6, 6.07) is 24.3. The number of phenolic OH excluding ortho intramolecular Hbond substituents is 1. The predicted molar refractivity (Wildman–Crippen MR) is 164 cm³/mol. The van der Waals surface area contributed by atoms with Crippen molar-refractivity contribution in [3.8, 4) is 11.7 Å². The normalized spacial score (nSPS) is 11.4. The Bertz CT molecular complexity index is 2280. The quantitative estimate of drug-likeness (QED) is 0.167. The van der Waals surface area contributed by atoms with Crippen LogP contribution in [0.3, 0.4) is 0 Å². The fourth-order valence-electron chi connectivity index (χ4n) is 5.21. The number of carbonyl (C=O) groups is 1. The standard InChI is InChI=1S/C32H21N9O2/c1-33-25-18-36-41(32-34-14-7-15-35-32)30(25)39-38-24-16-19-8-3-4-9-21(19)28(29(24)42)31(43)37-20-12-13-23-22-10-5-6-11-26(22)40(2)27(23)17-20/h3-18,42H,2H3,(H,37,43). The molecule has 0 aliphatic heterocycles. The molecule has 11 heteroatoms. The summed E-state index contributed by atoms with van der Waals surface area (Å²) >= 11 is 0. The summed E-state index contributed by atoms with van der Waals surface area (Å²) in [5, 5.41) is 30.4. The second-order valence-electron chi connectivity index (χ2n) is 9.73. The van der Waals surface area contributed by atoms with E-state index in [0.29, 0.717) is 16.5 Å². The van der Waals surface area contributed by atoms with Crippen LogP contribution in [0.4, 0.5) is 22.9 Å². The minimum atomic E-state index is -0.506. The number of nitrogens with zero attached hydrogens (tertiary/aromatic N) is 8. The first-order valence-electron chi connectivity index (χ1n) is 13.2. The number of fused-ring (bicyclic) bond motifs is 4. The van der Waals surface area contributed by atoms with Crippen molar-refractivity contribution in [3.63, 3.8) is 0 Å². The Morgan fingerprint density at radius 1 is 0.907 bits per heavy atom. The van der Waals surface area contributed by atoms with Crippen LogP contribution in [-0.2, 0) is 7.05 Å². The number of aromatic hydroxyl groups is 1. The van der Waals surface area contributed by atoms with E-state index in [-0.39, 0.29) is 34.5 Å². The molecule has 7 rings (SSSR count). The average Bonchev–Trinajstić information content (AvgIpc) is 3.58. The number of hydrogen-bond donors (Lipinski definition) is 2. The van der Waals surface area contributed by atoms with Crippen molar-refractivity contribution in [1.82, 2.24) is 24.3 Å². The first-order valence-corrected chi connectivity index (χ1v) is 13.2. The van der Waals surface area contributed by atoms with Crippen LogP contribution in [0.25, 0.3) is 43.4 Å². The smallest absolute Gasteiger partial charge is 0.260 e. The Morgan fingerprint density at radius 3 is 2.47 bits per heavy atom. The fraction of sp³-hybridized carbons (Fsp3) is 0.0312. The first-order chi connectivity index (χ1) is 21.0. The molecule has 0 saturated carbocycles. The zero-order valence-corrected chi connectivity index (χ0v) is 22.7. The molecule has 7 aromatic rings. The molecule has 43 heavy (non-hydrogen) atoms. The van der Waals surface area contributed by atoms with E-state index in [2.05, 4.69) is 52.2 Å².